The largest absolute Gasteiger partial charge is 0.383 e. The Morgan fingerprint density at radius 2 is 1.51 bits per heavy atom. The van der Waals surface area contributed by atoms with E-state index in [0.717, 1.165) is 4.90 Å². The van der Waals surface area contributed by atoms with Crippen molar-refractivity contribution in [3.8, 4) is 0 Å². The fourth-order valence-electron chi connectivity index (χ4n) is 3.38. The molecule has 3 aromatic rings. The summed E-state index contributed by atoms with van der Waals surface area (Å²) in [6, 6.07) is 13.1. The molecule has 2 N–H and O–H groups in total. The van der Waals surface area contributed by atoms with E-state index in [4.69, 9.17) is 0 Å². The molecule has 35 heavy (non-hydrogen) atoms. The Morgan fingerprint density at radius 1 is 0.943 bits per heavy atom. The molecule has 0 saturated carbocycles. The molecule has 1 atom stereocenters. The number of benzene rings is 3. The van der Waals surface area contributed by atoms with Gasteiger partial charge in [0.1, 0.15) is 19.5 Å². The predicted molar refractivity (Wildman–Crippen MR) is 123 cm³/mol. The summed E-state index contributed by atoms with van der Waals surface area (Å²) in [4.78, 5) is 26.8. The molecule has 0 radical (unpaired) electrons. The minimum absolute atomic E-state index is 0.0365. The summed E-state index contributed by atoms with van der Waals surface area (Å²) in [5, 5.41) is 12.4. The summed E-state index contributed by atoms with van der Waals surface area (Å²) in [7, 11) is 1.63. The van der Waals surface area contributed by atoms with Crippen molar-refractivity contribution in [1.82, 2.24) is 0 Å². The molecule has 0 bridgehead atoms. The third-order valence-corrected chi connectivity index (χ3v) is 5.25. The van der Waals surface area contributed by atoms with Gasteiger partial charge in [0, 0.05) is 0 Å². The number of rotatable bonds is 7. The Labute approximate surface area is 198 Å². The molecule has 3 aromatic carbocycles. The van der Waals surface area contributed by atoms with Gasteiger partial charge in [-0.2, -0.15) is 0 Å². The summed E-state index contributed by atoms with van der Waals surface area (Å²) in [5.41, 5.74) is -0.518. The molecular formula is C24H20BF5N2O3. The standard InChI is InChI=1S/C24H20BF5N2O3/c1-2-16(33)24(35)32(11-12-6-4-3-5-7-12)15-9-8-13(25)10-14(15)31-23(34)17-18(26)20(28)22(30)21(29)19(17)27/h3-10,16,33H,2,11,25H2,1H3,(H,31,34). The first kappa shape index (κ1) is 25.9. The predicted octanol–water partition coefficient (Wildman–Crippen LogP) is 3.20. The third kappa shape index (κ3) is 5.35. The molecular weight excluding hydrogens is 470 g/mol. The summed E-state index contributed by atoms with van der Waals surface area (Å²) in [6.45, 7) is 1.55. The molecule has 0 aliphatic rings. The molecule has 2 amide bonds. The average Bonchev–Trinajstić information content (AvgIpc) is 2.85. The van der Waals surface area contributed by atoms with E-state index in [1.807, 2.05) is 0 Å². The van der Waals surface area contributed by atoms with Crippen molar-refractivity contribution >= 4 is 36.5 Å². The van der Waals surface area contributed by atoms with Gasteiger partial charge in [-0.3, -0.25) is 9.59 Å². The van der Waals surface area contributed by atoms with E-state index in [2.05, 4.69) is 5.32 Å². The molecule has 0 heterocycles. The number of aliphatic hydroxyl groups is 1. The molecule has 0 aliphatic carbocycles. The zero-order valence-corrected chi connectivity index (χ0v) is 18.7. The van der Waals surface area contributed by atoms with Gasteiger partial charge in [-0.1, -0.05) is 48.8 Å². The van der Waals surface area contributed by atoms with Gasteiger partial charge in [-0.25, -0.2) is 22.0 Å². The van der Waals surface area contributed by atoms with Gasteiger partial charge >= 0.3 is 0 Å². The molecule has 0 aliphatic heterocycles. The molecule has 3 rings (SSSR count). The highest BCUT2D eigenvalue weighted by atomic mass is 19.2. The van der Waals surface area contributed by atoms with Crippen molar-refractivity contribution in [2.75, 3.05) is 10.2 Å². The number of halogens is 5. The van der Waals surface area contributed by atoms with Gasteiger partial charge in [0.2, 0.25) is 5.82 Å². The van der Waals surface area contributed by atoms with Crippen molar-refractivity contribution in [2.45, 2.75) is 26.0 Å². The summed E-state index contributed by atoms with van der Waals surface area (Å²) >= 11 is 0. The van der Waals surface area contributed by atoms with Crippen LogP contribution in [0, 0.1) is 29.1 Å². The number of anilines is 2. The molecule has 11 heteroatoms. The Hall–Kier alpha value is -3.73. The number of carbonyl (C=O) groups excluding carboxylic acids is 2. The van der Waals surface area contributed by atoms with Crippen LogP contribution in [-0.4, -0.2) is 30.9 Å². The van der Waals surface area contributed by atoms with E-state index in [-0.39, 0.29) is 24.3 Å². The Bertz CT molecular complexity index is 1240. The quantitative estimate of drug-likeness (QED) is 0.232. The lowest BCUT2D eigenvalue weighted by Gasteiger charge is -2.28. The van der Waals surface area contributed by atoms with E-state index in [9.17, 15) is 36.6 Å². The smallest absolute Gasteiger partial charge is 0.261 e. The van der Waals surface area contributed by atoms with Crippen LogP contribution in [0.25, 0.3) is 0 Å². The topological polar surface area (TPSA) is 69.6 Å². The number of hydrogen-bond acceptors (Lipinski definition) is 3. The minimum atomic E-state index is -2.39. The summed E-state index contributed by atoms with van der Waals surface area (Å²) in [6.07, 6.45) is -1.30. The molecule has 0 fully saturated rings. The SMILES string of the molecule is Bc1ccc(N(Cc2ccccc2)C(=O)C(O)CC)c(NC(=O)c2c(F)c(F)c(F)c(F)c2F)c1. The molecule has 0 spiro atoms. The Kier molecular flexibility index (Phi) is 7.90. The highest BCUT2D eigenvalue weighted by Gasteiger charge is 2.31. The molecule has 5 nitrogen and oxygen atoms in total. The third-order valence-electron chi connectivity index (χ3n) is 5.25. The lowest BCUT2D eigenvalue weighted by molar-refractivity contribution is -0.126. The van der Waals surface area contributed by atoms with Crippen LogP contribution in [0.3, 0.4) is 0 Å². The normalized spacial score (nSPS) is 11.7. The number of nitrogens with one attached hydrogen (secondary N) is 1. The molecule has 0 saturated heterocycles. The van der Waals surface area contributed by atoms with Crippen LogP contribution < -0.4 is 15.7 Å². The molecule has 0 aromatic heterocycles. The lowest BCUT2D eigenvalue weighted by Crippen LogP contribution is -2.39. The van der Waals surface area contributed by atoms with E-state index in [1.54, 1.807) is 51.2 Å². The van der Waals surface area contributed by atoms with E-state index >= 15 is 0 Å². The van der Waals surface area contributed by atoms with Crippen LogP contribution >= 0.6 is 0 Å². The van der Waals surface area contributed by atoms with Crippen LogP contribution in [0.5, 0.6) is 0 Å². The van der Waals surface area contributed by atoms with E-state index in [0.29, 0.717) is 11.0 Å². The number of amides is 2. The first-order valence-corrected chi connectivity index (χ1v) is 10.5. The number of nitrogens with zero attached hydrogens (tertiary/aromatic N) is 1. The van der Waals surface area contributed by atoms with Gasteiger partial charge < -0.3 is 15.3 Å². The second-order valence-electron chi connectivity index (χ2n) is 7.75. The number of carbonyl (C=O) groups is 2. The van der Waals surface area contributed by atoms with Gasteiger partial charge in [0.05, 0.1) is 17.9 Å². The van der Waals surface area contributed by atoms with Crippen molar-refractivity contribution in [3.63, 3.8) is 0 Å². The molecule has 1 unspecified atom stereocenters. The Morgan fingerprint density at radius 3 is 2.09 bits per heavy atom. The zero-order chi connectivity index (χ0) is 25.9. The van der Waals surface area contributed by atoms with Gasteiger partial charge in [-0.15, -0.1) is 0 Å². The molecule has 182 valence electrons. The maximum Gasteiger partial charge on any atom is 0.261 e. The minimum Gasteiger partial charge on any atom is -0.383 e. The van der Waals surface area contributed by atoms with Gasteiger partial charge in [0.25, 0.3) is 11.8 Å². The first-order valence-electron chi connectivity index (χ1n) is 10.5. The van der Waals surface area contributed by atoms with Crippen LogP contribution in [0.1, 0.15) is 29.3 Å². The second kappa shape index (κ2) is 10.7. The second-order valence-corrected chi connectivity index (χ2v) is 7.75. The first-order chi connectivity index (χ1) is 16.6. The monoisotopic (exact) mass is 490 g/mol. The highest BCUT2D eigenvalue weighted by molar-refractivity contribution is 6.33. The number of aliphatic hydroxyl groups excluding tert-OH is 1. The van der Waals surface area contributed by atoms with Crippen molar-refractivity contribution in [3.05, 3.63) is 88.7 Å². The average molecular weight is 490 g/mol. The van der Waals surface area contributed by atoms with Crippen molar-refractivity contribution in [1.29, 1.82) is 0 Å². The fourth-order valence-corrected chi connectivity index (χ4v) is 3.38. The van der Waals surface area contributed by atoms with Crippen LogP contribution in [0.2, 0.25) is 0 Å². The maximum absolute atomic E-state index is 14.2. The van der Waals surface area contributed by atoms with Gasteiger partial charge in [-0.05, 0) is 24.1 Å². The lowest BCUT2D eigenvalue weighted by atomic mass is 9.94. The van der Waals surface area contributed by atoms with E-state index in [1.165, 1.54) is 12.1 Å². The summed E-state index contributed by atoms with van der Waals surface area (Å²) < 4.78 is 69.0. The fraction of sp³-hybridized carbons (Fsp3) is 0.167. The van der Waals surface area contributed by atoms with Crippen LogP contribution in [0.15, 0.2) is 48.5 Å². The Balaban J connectivity index is 2.09. The van der Waals surface area contributed by atoms with Crippen LogP contribution in [-0.2, 0) is 11.3 Å². The van der Waals surface area contributed by atoms with Crippen LogP contribution in [0.4, 0.5) is 33.3 Å². The maximum atomic E-state index is 14.2. The summed E-state index contributed by atoms with van der Waals surface area (Å²) in [5.74, 6) is -13.8. The van der Waals surface area contributed by atoms with Gasteiger partial charge in [0.15, 0.2) is 23.3 Å². The highest BCUT2D eigenvalue weighted by Crippen LogP contribution is 2.30. The van der Waals surface area contributed by atoms with E-state index < -0.39 is 52.6 Å². The van der Waals surface area contributed by atoms with Crippen molar-refractivity contribution in [2.24, 2.45) is 0 Å². The number of hydrogen-bond donors (Lipinski definition) is 2. The zero-order valence-electron chi connectivity index (χ0n) is 18.7. The van der Waals surface area contributed by atoms with Crippen molar-refractivity contribution < 1.29 is 36.6 Å².